The van der Waals surface area contributed by atoms with Crippen LogP contribution in [0.3, 0.4) is 0 Å². The van der Waals surface area contributed by atoms with Crippen LogP contribution in [0.25, 0.3) is 0 Å². The van der Waals surface area contributed by atoms with Crippen LogP contribution in [0.4, 0.5) is 0 Å². The summed E-state index contributed by atoms with van der Waals surface area (Å²) >= 11 is 0. The van der Waals surface area contributed by atoms with Crippen LogP contribution < -0.4 is 10.1 Å². The highest BCUT2D eigenvalue weighted by Crippen LogP contribution is 2.36. The maximum Gasteiger partial charge on any atom is 0.245 e. The topological polar surface area (TPSA) is 98.1 Å². The molecule has 1 amide bonds. The molecule has 160 valence electrons. The Bertz CT molecular complexity index is 854. The summed E-state index contributed by atoms with van der Waals surface area (Å²) in [5.74, 6) is 1.94. The molecule has 1 aliphatic carbocycles. The monoisotopic (exact) mass is 411 g/mol. The first-order valence-electron chi connectivity index (χ1n) is 10.7. The van der Waals surface area contributed by atoms with Gasteiger partial charge in [-0.05, 0) is 67.1 Å². The van der Waals surface area contributed by atoms with Gasteiger partial charge in [0, 0.05) is 25.4 Å². The minimum Gasteiger partial charge on any atom is -0.478 e. The van der Waals surface area contributed by atoms with E-state index in [1.165, 1.54) is 6.08 Å². The number of hydrogen-bond acceptors (Lipinski definition) is 7. The summed E-state index contributed by atoms with van der Waals surface area (Å²) in [5.41, 5.74) is 1.01. The minimum atomic E-state index is -0.142. The molecule has 0 radical (unpaired) electrons. The molecule has 9 nitrogen and oxygen atoms in total. The van der Waals surface area contributed by atoms with Crippen molar-refractivity contribution in [3.05, 3.63) is 42.4 Å². The van der Waals surface area contributed by atoms with Crippen molar-refractivity contribution in [2.45, 2.75) is 44.7 Å². The third-order valence-electron chi connectivity index (χ3n) is 5.77. The summed E-state index contributed by atoms with van der Waals surface area (Å²) in [4.78, 5) is 18.1. The molecule has 2 aliphatic rings. The summed E-state index contributed by atoms with van der Waals surface area (Å²) in [7, 11) is 0. The fraction of sp³-hybridized carbons (Fsp3) is 0.571. The Morgan fingerprint density at radius 3 is 2.77 bits per heavy atom. The molecule has 2 aromatic heterocycles. The second-order valence-corrected chi connectivity index (χ2v) is 7.89. The summed E-state index contributed by atoms with van der Waals surface area (Å²) in [6, 6.07) is 4.16. The van der Waals surface area contributed by atoms with Gasteiger partial charge < -0.3 is 15.0 Å². The number of pyridine rings is 1. The zero-order valence-electron chi connectivity index (χ0n) is 17.4. The highest BCUT2D eigenvalue weighted by molar-refractivity contribution is 5.87. The number of tetrazole rings is 1. The Labute approximate surface area is 176 Å². The molecule has 2 aromatic rings. The highest BCUT2D eigenvalue weighted by Gasteiger charge is 2.32. The quantitative estimate of drug-likeness (QED) is 0.629. The molecular weight excluding hydrogens is 382 g/mol. The standard InChI is InChI=1S/C21H29N7O2/c1-3-19(29)27-11-9-15(10-12-27)13-23-20(16-5-8-18(22-14-16)30-4-2)21-24-25-26-28(21)17-6-7-17/h3,5,8,14-15,17,20,23H,1,4,6-7,9-13H2,2H3. The third-order valence-corrected chi connectivity index (χ3v) is 5.77. The van der Waals surface area contributed by atoms with Gasteiger partial charge in [0.25, 0.3) is 0 Å². The zero-order chi connectivity index (χ0) is 20.9. The molecule has 1 N–H and O–H groups in total. The van der Waals surface area contributed by atoms with Gasteiger partial charge in [0.05, 0.1) is 18.7 Å². The predicted molar refractivity (Wildman–Crippen MR) is 111 cm³/mol. The van der Waals surface area contributed by atoms with E-state index in [4.69, 9.17) is 4.74 Å². The molecule has 0 bridgehead atoms. The van der Waals surface area contributed by atoms with Crippen molar-refractivity contribution >= 4 is 5.91 Å². The van der Waals surface area contributed by atoms with Crippen molar-refractivity contribution in [3.8, 4) is 5.88 Å². The van der Waals surface area contributed by atoms with Gasteiger partial charge in [-0.3, -0.25) is 4.79 Å². The van der Waals surface area contributed by atoms with Gasteiger partial charge in [0.2, 0.25) is 11.8 Å². The largest absolute Gasteiger partial charge is 0.478 e. The summed E-state index contributed by atoms with van der Waals surface area (Å²) in [6.07, 6.45) is 7.39. The molecule has 3 heterocycles. The zero-order valence-corrected chi connectivity index (χ0v) is 17.4. The van der Waals surface area contributed by atoms with Gasteiger partial charge in [-0.1, -0.05) is 12.6 Å². The van der Waals surface area contributed by atoms with E-state index in [1.54, 1.807) is 0 Å². The molecule has 1 saturated heterocycles. The van der Waals surface area contributed by atoms with Gasteiger partial charge in [-0.15, -0.1) is 5.10 Å². The Kier molecular flexibility index (Phi) is 6.37. The molecular formula is C21H29N7O2. The Morgan fingerprint density at radius 1 is 1.33 bits per heavy atom. The first kappa shape index (κ1) is 20.5. The lowest BCUT2D eigenvalue weighted by molar-refractivity contribution is -0.127. The number of carbonyl (C=O) groups is 1. The first-order valence-corrected chi connectivity index (χ1v) is 10.7. The first-order chi connectivity index (χ1) is 14.7. The van der Waals surface area contributed by atoms with Gasteiger partial charge >= 0.3 is 0 Å². The van der Waals surface area contributed by atoms with Crippen LogP contribution in [-0.2, 0) is 4.79 Å². The van der Waals surface area contributed by atoms with Crippen LogP contribution in [-0.4, -0.2) is 62.2 Å². The normalized spacial score (nSPS) is 18.2. The van der Waals surface area contributed by atoms with E-state index in [0.29, 0.717) is 24.4 Å². The number of hydrogen-bond donors (Lipinski definition) is 1. The number of aromatic nitrogens is 5. The second kappa shape index (κ2) is 9.34. The van der Waals surface area contributed by atoms with Crippen LogP contribution >= 0.6 is 0 Å². The van der Waals surface area contributed by atoms with Gasteiger partial charge in [0.15, 0.2) is 5.82 Å². The molecule has 0 aromatic carbocycles. The molecule has 0 spiro atoms. The summed E-state index contributed by atoms with van der Waals surface area (Å²) in [5, 5.41) is 16.2. The van der Waals surface area contributed by atoms with Gasteiger partial charge in [0.1, 0.15) is 0 Å². The van der Waals surface area contributed by atoms with E-state index in [2.05, 4.69) is 32.4 Å². The van der Waals surface area contributed by atoms with Crippen LogP contribution in [0.15, 0.2) is 31.0 Å². The predicted octanol–water partition coefficient (Wildman–Crippen LogP) is 1.91. The fourth-order valence-electron chi connectivity index (χ4n) is 3.89. The van der Waals surface area contributed by atoms with E-state index >= 15 is 0 Å². The lowest BCUT2D eigenvalue weighted by atomic mass is 9.96. The number of rotatable bonds is 9. The van der Waals surface area contributed by atoms with E-state index in [9.17, 15) is 4.79 Å². The van der Waals surface area contributed by atoms with Crippen LogP contribution in [0.5, 0.6) is 5.88 Å². The molecule has 30 heavy (non-hydrogen) atoms. The number of ether oxygens (including phenoxy) is 1. The van der Waals surface area contributed by atoms with Crippen LogP contribution in [0, 0.1) is 5.92 Å². The summed E-state index contributed by atoms with van der Waals surface area (Å²) in [6.45, 7) is 8.47. The minimum absolute atomic E-state index is 0.0170. The van der Waals surface area contributed by atoms with Crippen molar-refractivity contribution in [1.82, 2.24) is 35.4 Å². The molecule has 2 fully saturated rings. The van der Waals surface area contributed by atoms with Gasteiger partial charge in [-0.25, -0.2) is 9.67 Å². The lowest BCUT2D eigenvalue weighted by Crippen LogP contribution is -2.40. The maximum absolute atomic E-state index is 11.8. The van der Waals surface area contributed by atoms with E-state index < -0.39 is 0 Å². The maximum atomic E-state index is 11.8. The second-order valence-electron chi connectivity index (χ2n) is 7.89. The third kappa shape index (κ3) is 4.67. The molecule has 1 unspecified atom stereocenters. The number of nitrogens with one attached hydrogen (secondary N) is 1. The Hall–Kier alpha value is -2.81. The number of piperidine rings is 1. The van der Waals surface area contributed by atoms with Gasteiger partial charge in [-0.2, -0.15) is 0 Å². The van der Waals surface area contributed by atoms with E-state index in [0.717, 1.165) is 56.7 Å². The number of likely N-dealkylation sites (tertiary alicyclic amines) is 1. The molecule has 9 heteroatoms. The fourth-order valence-corrected chi connectivity index (χ4v) is 3.89. The van der Waals surface area contributed by atoms with E-state index in [-0.39, 0.29) is 11.9 Å². The van der Waals surface area contributed by atoms with Crippen molar-refractivity contribution < 1.29 is 9.53 Å². The SMILES string of the molecule is C=CC(=O)N1CCC(CNC(c2ccc(OCC)nc2)c2nnnn2C2CC2)CC1. The average Bonchev–Trinajstić information content (AvgIpc) is 3.52. The summed E-state index contributed by atoms with van der Waals surface area (Å²) < 4.78 is 7.42. The van der Waals surface area contributed by atoms with Crippen molar-refractivity contribution in [2.24, 2.45) is 5.92 Å². The number of amides is 1. The highest BCUT2D eigenvalue weighted by atomic mass is 16.5. The molecule has 4 rings (SSSR count). The smallest absolute Gasteiger partial charge is 0.245 e. The molecule has 1 aliphatic heterocycles. The van der Waals surface area contributed by atoms with Crippen LogP contribution in [0.1, 0.15) is 56.1 Å². The average molecular weight is 412 g/mol. The van der Waals surface area contributed by atoms with Crippen molar-refractivity contribution in [1.29, 1.82) is 0 Å². The Morgan fingerprint density at radius 2 is 2.13 bits per heavy atom. The van der Waals surface area contributed by atoms with E-state index in [1.807, 2.05) is 34.8 Å². The lowest BCUT2D eigenvalue weighted by Gasteiger charge is -2.32. The van der Waals surface area contributed by atoms with Crippen molar-refractivity contribution in [2.75, 3.05) is 26.2 Å². The molecule has 1 atom stereocenters. The Balaban J connectivity index is 1.46. The van der Waals surface area contributed by atoms with Crippen molar-refractivity contribution in [3.63, 3.8) is 0 Å². The molecule has 1 saturated carbocycles. The van der Waals surface area contributed by atoms with Crippen LogP contribution in [0.2, 0.25) is 0 Å². The number of carbonyl (C=O) groups excluding carboxylic acids is 1. The number of nitrogens with zero attached hydrogens (tertiary/aromatic N) is 6.